The summed E-state index contributed by atoms with van der Waals surface area (Å²) < 4.78 is 7.81. The molecule has 1 aliphatic heterocycles. The summed E-state index contributed by atoms with van der Waals surface area (Å²) in [5.41, 5.74) is 1.77. The third-order valence-electron chi connectivity index (χ3n) is 4.29. The Labute approximate surface area is 134 Å². The van der Waals surface area contributed by atoms with Gasteiger partial charge >= 0.3 is 0 Å². The predicted octanol–water partition coefficient (Wildman–Crippen LogP) is 1.76. The lowest BCUT2D eigenvalue weighted by atomic mass is 10.3. The van der Waals surface area contributed by atoms with Crippen LogP contribution in [0.4, 0.5) is 6.01 Å². The first-order valence-electron chi connectivity index (χ1n) is 8.03. The fourth-order valence-electron chi connectivity index (χ4n) is 2.97. The first-order chi connectivity index (χ1) is 11.3. The Morgan fingerprint density at radius 1 is 1.13 bits per heavy atom. The lowest BCUT2D eigenvalue weighted by Gasteiger charge is -2.33. The second-order valence-corrected chi connectivity index (χ2v) is 5.72. The molecule has 0 saturated carbocycles. The van der Waals surface area contributed by atoms with Crippen LogP contribution in [0.15, 0.2) is 35.0 Å². The minimum atomic E-state index is 0.725. The SMILES string of the molecule is CCn1ncnc1CN1CCN(c2nc3ccccc3o2)CC1. The molecule has 4 rings (SSSR count). The molecular formula is C16H20N6O. The average molecular weight is 312 g/mol. The van der Waals surface area contributed by atoms with Gasteiger partial charge in [0.1, 0.15) is 17.7 Å². The minimum Gasteiger partial charge on any atom is -0.423 e. The van der Waals surface area contributed by atoms with Gasteiger partial charge in [-0.05, 0) is 19.1 Å². The zero-order chi connectivity index (χ0) is 15.6. The average Bonchev–Trinajstić information content (AvgIpc) is 3.21. The van der Waals surface area contributed by atoms with Gasteiger partial charge in [-0.3, -0.25) is 4.90 Å². The Hall–Kier alpha value is -2.41. The Morgan fingerprint density at radius 2 is 1.96 bits per heavy atom. The van der Waals surface area contributed by atoms with Gasteiger partial charge in [0, 0.05) is 32.7 Å². The number of hydrogen-bond donors (Lipinski definition) is 0. The number of rotatable bonds is 4. The highest BCUT2D eigenvalue weighted by molar-refractivity contribution is 5.74. The number of aromatic nitrogens is 4. The molecule has 7 heteroatoms. The van der Waals surface area contributed by atoms with Crippen molar-refractivity contribution in [2.24, 2.45) is 0 Å². The van der Waals surface area contributed by atoms with Crippen molar-refractivity contribution in [3.8, 4) is 0 Å². The summed E-state index contributed by atoms with van der Waals surface area (Å²) in [6.45, 7) is 7.54. The second kappa shape index (κ2) is 6.00. The van der Waals surface area contributed by atoms with E-state index in [9.17, 15) is 0 Å². The lowest BCUT2D eigenvalue weighted by molar-refractivity contribution is 0.236. The number of para-hydroxylation sites is 2. The number of piperazine rings is 1. The van der Waals surface area contributed by atoms with E-state index in [0.717, 1.165) is 62.2 Å². The molecule has 0 unspecified atom stereocenters. The van der Waals surface area contributed by atoms with Crippen molar-refractivity contribution in [3.63, 3.8) is 0 Å². The fourth-order valence-corrected chi connectivity index (χ4v) is 2.97. The predicted molar refractivity (Wildman–Crippen MR) is 87.2 cm³/mol. The molecule has 1 aliphatic rings. The van der Waals surface area contributed by atoms with Crippen molar-refractivity contribution < 1.29 is 4.42 Å². The van der Waals surface area contributed by atoms with Crippen molar-refractivity contribution in [2.45, 2.75) is 20.0 Å². The van der Waals surface area contributed by atoms with Crippen molar-refractivity contribution in [2.75, 3.05) is 31.1 Å². The maximum absolute atomic E-state index is 5.85. The largest absolute Gasteiger partial charge is 0.423 e. The zero-order valence-electron chi connectivity index (χ0n) is 13.2. The Kier molecular flexibility index (Phi) is 3.70. The molecule has 0 bridgehead atoms. The standard InChI is InChI=1S/C16H20N6O/c1-2-22-15(17-12-18-22)11-20-7-9-21(10-8-20)16-19-13-5-3-4-6-14(13)23-16/h3-6,12H,2,7-11H2,1H3. The van der Waals surface area contributed by atoms with Crippen LogP contribution in [-0.4, -0.2) is 50.8 Å². The third kappa shape index (κ3) is 2.79. The van der Waals surface area contributed by atoms with E-state index in [0.29, 0.717) is 0 Å². The first-order valence-corrected chi connectivity index (χ1v) is 8.03. The molecule has 0 aliphatic carbocycles. The number of fused-ring (bicyclic) bond motifs is 1. The van der Waals surface area contributed by atoms with Crippen LogP contribution in [-0.2, 0) is 13.1 Å². The summed E-state index contributed by atoms with van der Waals surface area (Å²) in [6, 6.07) is 8.62. The van der Waals surface area contributed by atoms with Gasteiger partial charge in [0.05, 0.1) is 6.54 Å². The van der Waals surface area contributed by atoms with Gasteiger partial charge in [-0.2, -0.15) is 10.1 Å². The summed E-state index contributed by atoms with van der Waals surface area (Å²) >= 11 is 0. The van der Waals surface area contributed by atoms with E-state index in [1.54, 1.807) is 6.33 Å². The molecule has 0 radical (unpaired) electrons. The molecule has 3 aromatic rings. The molecule has 1 aromatic carbocycles. The summed E-state index contributed by atoms with van der Waals surface area (Å²) in [4.78, 5) is 13.5. The lowest BCUT2D eigenvalue weighted by Crippen LogP contribution is -2.46. The van der Waals surface area contributed by atoms with Crippen LogP contribution in [0.1, 0.15) is 12.7 Å². The van der Waals surface area contributed by atoms with Crippen molar-refractivity contribution in [1.29, 1.82) is 0 Å². The first kappa shape index (κ1) is 14.2. The second-order valence-electron chi connectivity index (χ2n) is 5.72. The number of anilines is 1. The summed E-state index contributed by atoms with van der Waals surface area (Å²) in [5.74, 6) is 1.03. The van der Waals surface area contributed by atoms with Gasteiger partial charge in [0.2, 0.25) is 0 Å². The maximum Gasteiger partial charge on any atom is 0.298 e. The third-order valence-corrected chi connectivity index (χ3v) is 4.29. The van der Waals surface area contributed by atoms with Crippen LogP contribution < -0.4 is 4.90 Å². The summed E-state index contributed by atoms with van der Waals surface area (Å²) in [6.07, 6.45) is 1.63. The Balaban J connectivity index is 1.40. The van der Waals surface area contributed by atoms with Crippen LogP contribution in [0.3, 0.4) is 0 Å². The molecule has 0 N–H and O–H groups in total. The van der Waals surface area contributed by atoms with E-state index in [2.05, 4.69) is 31.8 Å². The smallest absolute Gasteiger partial charge is 0.298 e. The number of benzene rings is 1. The Bertz CT molecular complexity index is 754. The van der Waals surface area contributed by atoms with Gasteiger partial charge in [-0.1, -0.05) is 12.1 Å². The minimum absolute atomic E-state index is 0.725. The molecule has 3 heterocycles. The molecule has 0 amide bonds. The van der Waals surface area contributed by atoms with Crippen LogP contribution in [0.5, 0.6) is 0 Å². The molecule has 23 heavy (non-hydrogen) atoms. The van der Waals surface area contributed by atoms with Gasteiger partial charge < -0.3 is 9.32 Å². The molecule has 120 valence electrons. The number of hydrogen-bond acceptors (Lipinski definition) is 6. The van der Waals surface area contributed by atoms with Gasteiger partial charge in [0.15, 0.2) is 5.58 Å². The highest BCUT2D eigenvalue weighted by Gasteiger charge is 2.22. The molecule has 0 spiro atoms. The summed E-state index contributed by atoms with van der Waals surface area (Å²) in [5, 5.41) is 4.23. The van der Waals surface area contributed by atoms with Crippen LogP contribution in [0.2, 0.25) is 0 Å². The maximum atomic E-state index is 5.85. The van der Waals surface area contributed by atoms with Crippen molar-refractivity contribution >= 4 is 17.1 Å². The van der Waals surface area contributed by atoms with Crippen LogP contribution in [0, 0.1) is 0 Å². The van der Waals surface area contributed by atoms with E-state index in [-0.39, 0.29) is 0 Å². The molecule has 1 saturated heterocycles. The van der Waals surface area contributed by atoms with E-state index in [4.69, 9.17) is 4.42 Å². The van der Waals surface area contributed by atoms with E-state index >= 15 is 0 Å². The normalized spacial score (nSPS) is 16.3. The van der Waals surface area contributed by atoms with Crippen LogP contribution in [0.25, 0.3) is 11.1 Å². The molecule has 2 aromatic heterocycles. The van der Waals surface area contributed by atoms with E-state index < -0.39 is 0 Å². The number of oxazole rings is 1. The Morgan fingerprint density at radius 3 is 2.74 bits per heavy atom. The van der Waals surface area contributed by atoms with Crippen molar-refractivity contribution in [1.82, 2.24) is 24.6 Å². The molecular weight excluding hydrogens is 292 g/mol. The van der Waals surface area contributed by atoms with Gasteiger partial charge in [0.25, 0.3) is 6.01 Å². The number of aryl methyl sites for hydroxylation is 1. The van der Waals surface area contributed by atoms with Crippen LogP contribution >= 0.6 is 0 Å². The number of nitrogens with zero attached hydrogens (tertiary/aromatic N) is 6. The van der Waals surface area contributed by atoms with Gasteiger partial charge in [-0.15, -0.1) is 0 Å². The fraction of sp³-hybridized carbons (Fsp3) is 0.438. The van der Waals surface area contributed by atoms with E-state index in [1.807, 2.05) is 28.9 Å². The quantitative estimate of drug-likeness (QED) is 0.731. The highest BCUT2D eigenvalue weighted by Crippen LogP contribution is 2.22. The molecule has 1 fully saturated rings. The summed E-state index contributed by atoms with van der Waals surface area (Å²) in [7, 11) is 0. The van der Waals surface area contributed by atoms with E-state index in [1.165, 1.54) is 0 Å². The molecule has 0 atom stereocenters. The highest BCUT2D eigenvalue weighted by atomic mass is 16.4. The monoisotopic (exact) mass is 312 g/mol. The zero-order valence-corrected chi connectivity index (χ0v) is 13.2. The van der Waals surface area contributed by atoms with Crippen molar-refractivity contribution in [3.05, 3.63) is 36.4 Å². The topological polar surface area (TPSA) is 63.2 Å². The van der Waals surface area contributed by atoms with Gasteiger partial charge in [-0.25, -0.2) is 9.67 Å². The molecule has 7 nitrogen and oxygen atoms in total.